The van der Waals surface area contributed by atoms with Gasteiger partial charge >= 0.3 is 0 Å². The molecule has 1 aliphatic heterocycles. The van der Waals surface area contributed by atoms with E-state index >= 15 is 0 Å². The molecule has 0 spiro atoms. The van der Waals surface area contributed by atoms with Crippen LogP contribution < -0.4 is 5.32 Å². The second-order valence-electron chi connectivity index (χ2n) is 3.50. The van der Waals surface area contributed by atoms with E-state index in [0.29, 0.717) is 6.04 Å². The maximum atomic E-state index is 3.28. The third kappa shape index (κ3) is 3.48. The molecule has 0 saturated carbocycles. The highest BCUT2D eigenvalue weighted by atomic mass is 32.2. The number of hydrogen-bond donors (Lipinski definition) is 1. The molecule has 1 rings (SSSR count). The number of hydrogen-bond acceptors (Lipinski definition) is 2. The highest BCUT2D eigenvalue weighted by Gasteiger charge is 2.15. The van der Waals surface area contributed by atoms with Gasteiger partial charge in [0.15, 0.2) is 0 Å². The van der Waals surface area contributed by atoms with Crippen LogP contribution in [-0.2, 0) is 0 Å². The van der Waals surface area contributed by atoms with Crippen molar-refractivity contribution in [2.24, 2.45) is 5.92 Å². The van der Waals surface area contributed by atoms with E-state index in [2.05, 4.69) is 24.0 Å². The average Bonchev–Trinajstić information content (AvgIpc) is 2.52. The van der Waals surface area contributed by atoms with Crippen LogP contribution in [0.25, 0.3) is 0 Å². The van der Waals surface area contributed by atoms with Gasteiger partial charge in [0.05, 0.1) is 0 Å². The van der Waals surface area contributed by atoms with Crippen LogP contribution in [0.1, 0.15) is 26.2 Å². The zero-order valence-corrected chi connectivity index (χ0v) is 8.41. The summed E-state index contributed by atoms with van der Waals surface area (Å²) in [5, 5.41) is 3.28. The molecule has 0 radical (unpaired) electrons. The SMILES string of the molecule is CNC(C)CCC1CCSC1. The first-order valence-electron chi connectivity index (χ1n) is 4.58. The van der Waals surface area contributed by atoms with Crippen molar-refractivity contribution in [3.8, 4) is 0 Å². The molecular formula is C9H19NS. The summed E-state index contributed by atoms with van der Waals surface area (Å²) in [6.45, 7) is 2.27. The van der Waals surface area contributed by atoms with E-state index in [1.165, 1.54) is 30.8 Å². The van der Waals surface area contributed by atoms with Crippen LogP contribution in [0.5, 0.6) is 0 Å². The molecule has 0 aromatic heterocycles. The van der Waals surface area contributed by atoms with Gasteiger partial charge < -0.3 is 5.32 Å². The lowest BCUT2D eigenvalue weighted by Gasteiger charge is -2.12. The molecule has 2 unspecified atom stereocenters. The van der Waals surface area contributed by atoms with Crippen molar-refractivity contribution in [1.29, 1.82) is 0 Å². The Balaban J connectivity index is 2.01. The maximum absolute atomic E-state index is 3.28. The number of nitrogens with one attached hydrogen (secondary N) is 1. The number of thioether (sulfide) groups is 1. The number of rotatable bonds is 4. The topological polar surface area (TPSA) is 12.0 Å². The third-order valence-corrected chi connectivity index (χ3v) is 3.76. The summed E-state index contributed by atoms with van der Waals surface area (Å²) in [5.41, 5.74) is 0. The maximum Gasteiger partial charge on any atom is 0.00358 e. The van der Waals surface area contributed by atoms with Crippen molar-refractivity contribution in [3.63, 3.8) is 0 Å². The van der Waals surface area contributed by atoms with E-state index in [0.717, 1.165) is 5.92 Å². The first-order valence-corrected chi connectivity index (χ1v) is 5.73. The molecule has 2 heteroatoms. The van der Waals surface area contributed by atoms with Gasteiger partial charge in [-0.25, -0.2) is 0 Å². The monoisotopic (exact) mass is 173 g/mol. The van der Waals surface area contributed by atoms with Crippen LogP contribution in [0.2, 0.25) is 0 Å². The molecule has 1 nitrogen and oxygen atoms in total. The van der Waals surface area contributed by atoms with E-state index in [4.69, 9.17) is 0 Å². The molecule has 0 bridgehead atoms. The summed E-state index contributed by atoms with van der Waals surface area (Å²) < 4.78 is 0. The second kappa shape index (κ2) is 5.04. The van der Waals surface area contributed by atoms with Crippen molar-refractivity contribution in [2.75, 3.05) is 18.6 Å². The molecule has 66 valence electrons. The van der Waals surface area contributed by atoms with Gasteiger partial charge in [-0.3, -0.25) is 0 Å². The van der Waals surface area contributed by atoms with Crippen LogP contribution in [0.15, 0.2) is 0 Å². The average molecular weight is 173 g/mol. The van der Waals surface area contributed by atoms with Crippen molar-refractivity contribution in [3.05, 3.63) is 0 Å². The highest BCUT2D eigenvalue weighted by molar-refractivity contribution is 7.99. The molecule has 11 heavy (non-hydrogen) atoms. The first-order chi connectivity index (χ1) is 5.33. The lowest BCUT2D eigenvalue weighted by Crippen LogP contribution is -2.21. The van der Waals surface area contributed by atoms with E-state index in [9.17, 15) is 0 Å². The molecule has 2 atom stereocenters. The predicted molar refractivity (Wildman–Crippen MR) is 53.2 cm³/mol. The fraction of sp³-hybridized carbons (Fsp3) is 1.00. The van der Waals surface area contributed by atoms with Crippen molar-refractivity contribution in [1.82, 2.24) is 5.32 Å². The van der Waals surface area contributed by atoms with Crippen LogP contribution in [0.3, 0.4) is 0 Å². The van der Waals surface area contributed by atoms with Gasteiger partial charge in [-0.2, -0.15) is 11.8 Å². The Morgan fingerprint density at radius 1 is 1.64 bits per heavy atom. The molecule has 0 aliphatic carbocycles. The summed E-state index contributed by atoms with van der Waals surface area (Å²) in [5.74, 6) is 3.84. The van der Waals surface area contributed by atoms with Crippen molar-refractivity contribution < 1.29 is 0 Å². The summed E-state index contributed by atoms with van der Waals surface area (Å²) in [7, 11) is 2.05. The Hall–Kier alpha value is 0.310. The van der Waals surface area contributed by atoms with Gasteiger partial charge in [-0.1, -0.05) is 0 Å². The first kappa shape index (κ1) is 9.40. The summed E-state index contributed by atoms with van der Waals surface area (Å²) in [6.07, 6.45) is 4.23. The standard InChI is InChI=1S/C9H19NS/c1-8(10-2)3-4-9-5-6-11-7-9/h8-10H,3-7H2,1-2H3. The fourth-order valence-corrected chi connectivity index (χ4v) is 2.77. The third-order valence-electron chi connectivity index (χ3n) is 2.52. The van der Waals surface area contributed by atoms with Gasteiger partial charge in [0.2, 0.25) is 0 Å². The molecule has 1 heterocycles. The van der Waals surface area contributed by atoms with E-state index in [-0.39, 0.29) is 0 Å². The zero-order chi connectivity index (χ0) is 8.10. The Kier molecular flexibility index (Phi) is 4.31. The Morgan fingerprint density at radius 2 is 2.45 bits per heavy atom. The molecule has 1 saturated heterocycles. The molecule has 0 aromatic carbocycles. The Bertz CT molecular complexity index is 99.7. The second-order valence-corrected chi connectivity index (χ2v) is 4.65. The minimum atomic E-state index is 0.709. The smallest absolute Gasteiger partial charge is 0.00358 e. The van der Waals surface area contributed by atoms with Gasteiger partial charge in [0, 0.05) is 6.04 Å². The van der Waals surface area contributed by atoms with Crippen molar-refractivity contribution in [2.45, 2.75) is 32.2 Å². The normalized spacial score (nSPS) is 27.3. The Labute approximate surface area is 74.3 Å². The lowest BCUT2D eigenvalue weighted by molar-refractivity contribution is 0.458. The van der Waals surface area contributed by atoms with Crippen LogP contribution >= 0.6 is 11.8 Å². The van der Waals surface area contributed by atoms with Gasteiger partial charge in [0.1, 0.15) is 0 Å². The van der Waals surface area contributed by atoms with Gasteiger partial charge in [0.25, 0.3) is 0 Å². The molecule has 1 N–H and O–H groups in total. The molecule has 1 aliphatic rings. The minimum absolute atomic E-state index is 0.709. The fourth-order valence-electron chi connectivity index (χ4n) is 1.44. The molecule has 1 fully saturated rings. The van der Waals surface area contributed by atoms with Crippen LogP contribution in [-0.4, -0.2) is 24.6 Å². The summed E-state index contributed by atoms with van der Waals surface area (Å²) >= 11 is 2.12. The van der Waals surface area contributed by atoms with Crippen molar-refractivity contribution >= 4 is 11.8 Å². The zero-order valence-electron chi connectivity index (χ0n) is 7.60. The minimum Gasteiger partial charge on any atom is -0.317 e. The predicted octanol–water partition coefficient (Wildman–Crippen LogP) is 2.13. The lowest BCUT2D eigenvalue weighted by atomic mass is 10.0. The molecule has 0 aromatic rings. The van der Waals surface area contributed by atoms with Crippen LogP contribution in [0.4, 0.5) is 0 Å². The van der Waals surface area contributed by atoms with Gasteiger partial charge in [-0.05, 0) is 50.7 Å². The largest absolute Gasteiger partial charge is 0.317 e. The van der Waals surface area contributed by atoms with Crippen LogP contribution in [0, 0.1) is 5.92 Å². The van der Waals surface area contributed by atoms with E-state index < -0.39 is 0 Å². The summed E-state index contributed by atoms with van der Waals surface area (Å²) in [4.78, 5) is 0. The van der Waals surface area contributed by atoms with E-state index in [1.807, 2.05) is 7.05 Å². The highest BCUT2D eigenvalue weighted by Crippen LogP contribution is 2.27. The quantitative estimate of drug-likeness (QED) is 0.699. The molecule has 0 amide bonds. The Morgan fingerprint density at radius 3 is 3.00 bits per heavy atom. The summed E-state index contributed by atoms with van der Waals surface area (Å²) in [6, 6.07) is 0.709. The van der Waals surface area contributed by atoms with E-state index in [1.54, 1.807) is 0 Å². The van der Waals surface area contributed by atoms with Gasteiger partial charge in [-0.15, -0.1) is 0 Å². The molecular weight excluding hydrogens is 154 g/mol.